The maximum absolute atomic E-state index is 11.2. The van der Waals surface area contributed by atoms with Crippen LogP contribution in [0.1, 0.15) is 19.4 Å². The van der Waals surface area contributed by atoms with Crippen LogP contribution in [0.4, 0.5) is 5.69 Å². The Balaban J connectivity index is 2.68. The van der Waals surface area contributed by atoms with Crippen molar-refractivity contribution in [3.63, 3.8) is 0 Å². The van der Waals surface area contributed by atoms with Crippen molar-refractivity contribution < 1.29 is 32.6 Å². The molecule has 0 amide bonds. The van der Waals surface area contributed by atoms with Crippen molar-refractivity contribution in [1.82, 2.24) is 0 Å². The molecule has 1 rings (SSSR count). The highest BCUT2D eigenvalue weighted by Gasteiger charge is 2.20. The first-order valence-electron chi connectivity index (χ1n) is 7.79. The van der Waals surface area contributed by atoms with Gasteiger partial charge in [-0.15, -0.1) is 0 Å². The first-order valence-corrected chi connectivity index (χ1v) is 9.68. The highest BCUT2D eigenvalue weighted by Crippen LogP contribution is 2.12. The normalized spacial score (nSPS) is 13.8. The monoisotopic (exact) mass is 385 g/mol. The fourth-order valence-corrected chi connectivity index (χ4v) is 2.56. The Bertz CT molecular complexity index is 741. The summed E-state index contributed by atoms with van der Waals surface area (Å²) in [5.41, 5.74) is 1.34. The number of nitrogens with one attached hydrogen (secondary N) is 1. The zero-order valence-corrected chi connectivity index (χ0v) is 15.7. The molecule has 9 heteroatoms. The van der Waals surface area contributed by atoms with E-state index in [1.54, 1.807) is 30.3 Å². The Kier molecular flexibility index (Phi) is 8.27. The molecule has 1 aromatic carbocycles. The van der Waals surface area contributed by atoms with Crippen molar-refractivity contribution in [2.75, 3.05) is 17.6 Å². The van der Waals surface area contributed by atoms with E-state index >= 15 is 0 Å². The van der Waals surface area contributed by atoms with Gasteiger partial charge in [0.2, 0.25) is 10.0 Å². The number of allylic oxidation sites excluding steroid dienone is 1. The van der Waals surface area contributed by atoms with E-state index in [-0.39, 0.29) is 6.61 Å². The summed E-state index contributed by atoms with van der Waals surface area (Å²) in [5.74, 6) is -1.12. The molecule has 0 fully saturated rings. The number of aliphatic hydroxyl groups excluding tert-OH is 1. The molecule has 0 bridgehead atoms. The molecule has 2 N–H and O–H groups in total. The van der Waals surface area contributed by atoms with Crippen molar-refractivity contribution in [1.29, 1.82) is 0 Å². The number of anilines is 1. The van der Waals surface area contributed by atoms with Gasteiger partial charge in [-0.25, -0.2) is 8.42 Å². The van der Waals surface area contributed by atoms with Crippen LogP contribution in [-0.4, -0.2) is 50.5 Å². The second-order valence-electron chi connectivity index (χ2n) is 5.65. The summed E-state index contributed by atoms with van der Waals surface area (Å²) in [4.78, 5) is 22.0. The predicted molar refractivity (Wildman–Crippen MR) is 95.9 cm³/mol. The minimum atomic E-state index is -3.33. The summed E-state index contributed by atoms with van der Waals surface area (Å²) in [5, 5.41) is 9.98. The lowest BCUT2D eigenvalue weighted by Crippen LogP contribution is -2.33. The first-order chi connectivity index (χ1) is 12.1. The van der Waals surface area contributed by atoms with Gasteiger partial charge in [-0.05, 0) is 30.2 Å². The molecule has 0 aliphatic rings. The van der Waals surface area contributed by atoms with Gasteiger partial charge < -0.3 is 14.6 Å². The second-order valence-corrected chi connectivity index (χ2v) is 7.40. The number of benzene rings is 1. The maximum atomic E-state index is 11.2. The molecule has 0 aliphatic heterocycles. The third-order valence-corrected chi connectivity index (χ3v) is 3.68. The molecule has 0 radical (unpaired) electrons. The Morgan fingerprint density at radius 2 is 1.81 bits per heavy atom. The Morgan fingerprint density at radius 3 is 2.31 bits per heavy atom. The first kappa shape index (κ1) is 21.7. The minimum absolute atomic E-state index is 0.288. The van der Waals surface area contributed by atoms with E-state index in [1.165, 1.54) is 19.9 Å². The van der Waals surface area contributed by atoms with Gasteiger partial charge in [0.05, 0.1) is 6.26 Å². The minimum Gasteiger partial charge on any atom is -0.463 e. The largest absolute Gasteiger partial charge is 0.463 e. The van der Waals surface area contributed by atoms with Crippen LogP contribution in [0, 0.1) is 0 Å². The van der Waals surface area contributed by atoms with Gasteiger partial charge in [0.25, 0.3) is 0 Å². The summed E-state index contributed by atoms with van der Waals surface area (Å²) in [7, 11) is -3.33. The summed E-state index contributed by atoms with van der Waals surface area (Å²) >= 11 is 0. The van der Waals surface area contributed by atoms with Crippen LogP contribution in [0.3, 0.4) is 0 Å². The van der Waals surface area contributed by atoms with E-state index in [4.69, 9.17) is 9.47 Å². The Labute approximate surface area is 152 Å². The molecule has 144 valence electrons. The maximum Gasteiger partial charge on any atom is 0.303 e. The third kappa shape index (κ3) is 9.19. The fourth-order valence-electron chi connectivity index (χ4n) is 2.00. The summed E-state index contributed by atoms with van der Waals surface area (Å²) in [6, 6.07) is 6.74. The molecule has 0 aliphatic carbocycles. The van der Waals surface area contributed by atoms with Crippen LogP contribution >= 0.6 is 0 Å². The zero-order chi connectivity index (χ0) is 19.7. The van der Waals surface area contributed by atoms with Crippen molar-refractivity contribution in [3.8, 4) is 0 Å². The topological polar surface area (TPSA) is 119 Å². The molecule has 0 aromatic heterocycles. The number of carbonyl (C=O) groups excluding carboxylic acids is 2. The summed E-state index contributed by atoms with van der Waals surface area (Å²) < 4.78 is 34.4. The number of aliphatic hydroxyl groups is 1. The Hall–Kier alpha value is -2.39. The lowest BCUT2D eigenvalue weighted by Gasteiger charge is -2.19. The molecule has 1 aromatic rings. The highest BCUT2D eigenvalue weighted by molar-refractivity contribution is 7.92. The smallest absolute Gasteiger partial charge is 0.303 e. The highest BCUT2D eigenvalue weighted by atomic mass is 32.2. The van der Waals surface area contributed by atoms with Gasteiger partial charge in [0.15, 0.2) is 0 Å². The van der Waals surface area contributed by atoms with Crippen LogP contribution in [0.15, 0.2) is 36.4 Å². The van der Waals surface area contributed by atoms with Gasteiger partial charge in [0.1, 0.15) is 18.8 Å². The lowest BCUT2D eigenvalue weighted by molar-refractivity contribution is -0.154. The molecule has 0 heterocycles. The molecule has 0 unspecified atom stereocenters. The number of sulfonamides is 1. The Morgan fingerprint density at radius 1 is 1.19 bits per heavy atom. The molecular weight excluding hydrogens is 362 g/mol. The molecule has 0 spiro atoms. The van der Waals surface area contributed by atoms with Gasteiger partial charge in [0, 0.05) is 19.5 Å². The number of esters is 2. The standard InChI is InChI=1S/C17H23NO7S/c1-12(19)24-11-16(21)17(25-13(2)20)6-4-5-14-7-9-15(10-8-14)18-26(3,22)23/h4,6-10,16-18,21H,5,11H2,1-3H3/b6-4-/t16-,17+/m1/s1. The van der Waals surface area contributed by atoms with E-state index < -0.39 is 34.2 Å². The van der Waals surface area contributed by atoms with E-state index in [0.29, 0.717) is 12.1 Å². The van der Waals surface area contributed by atoms with Gasteiger partial charge in [-0.3, -0.25) is 14.3 Å². The molecule has 0 saturated carbocycles. The molecule has 26 heavy (non-hydrogen) atoms. The second kappa shape index (κ2) is 9.93. The number of carbonyl (C=O) groups is 2. The van der Waals surface area contributed by atoms with Crippen LogP contribution in [0.2, 0.25) is 0 Å². The average Bonchev–Trinajstić information content (AvgIpc) is 2.51. The molecular formula is C17H23NO7S. The van der Waals surface area contributed by atoms with Crippen molar-refractivity contribution in [2.24, 2.45) is 0 Å². The van der Waals surface area contributed by atoms with E-state index in [2.05, 4.69) is 4.72 Å². The van der Waals surface area contributed by atoms with Crippen LogP contribution < -0.4 is 4.72 Å². The van der Waals surface area contributed by atoms with E-state index in [1.807, 2.05) is 0 Å². The summed E-state index contributed by atoms with van der Waals surface area (Å²) in [6.45, 7) is 2.14. The SMILES string of the molecule is CC(=O)OC[C@@H](O)[C@H](/C=C\Cc1ccc(NS(C)(=O)=O)cc1)OC(C)=O. The molecule has 8 nitrogen and oxygen atoms in total. The van der Waals surface area contributed by atoms with Gasteiger partial charge in [-0.1, -0.05) is 18.2 Å². The van der Waals surface area contributed by atoms with E-state index in [0.717, 1.165) is 11.8 Å². The molecule has 2 atom stereocenters. The number of hydrogen-bond donors (Lipinski definition) is 2. The number of rotatable bonds is 9. The van der Waals surface area contributed by atoms with Gasteiger partial charge >= 0.3 is 11.9 Å². The van der Waals surface area contributed by atoms with Crippen molar-refractivity contribution in [3.05, 3.63) is 42.0 Å². The predicted octanol–water partition coefficient (Wildman–Crippen LogP) is 1.01. The third-order valence-electron chi connectivity index (χ3n) is 3.08. The quantitative estimate of drug-likeness (QED) is 0.481. The number of hydrogen-bond acceptors (Lipinski definition) is 7. The zero-order valence-electron chi connectivity index (χ0n) is 14.8. The fraction of sp³-hybridized carbons (Fsp3) is 0.412. The van der Waals surface area contributed by atoms with Crippen LogP contribution in [0.25, 0.3) is 0 Å². The van der Waals surface area contributed by atoms with Crippen molar-refractivity contribution in [2.45, 2.75) is 32.5 Å². The van der Waals surface area contributed by atoms with Crippen LogP contribution in [0.5, 0.6) is 0 Å². The summed E-state index contributed by atoms with van der Waals surface area (Å²) in [6.07, 6.45) is 2.62. The molecule has 0 saturated heterocycles. The number of ether oxygens (including phenoxy) is 2. The van der Waals surface area contributed by atoms with E-state index in [9.17, 15) is 23.1 Å². The van der Waals surface area contributed by atoms with Gasteiger partial charge in [-0.2, -0.15) is 0 Å². The van der Waals surface area contributed by atoms with Crippen molar-refractivity contribution >= 4 is 27.6 Å². The average molecular weight is 385 g/mol. The lowest BCUT2D eigenvalue weighted by atomic mass is 10.1. The van der Waals surface area contributed by atoms with Crippen LogP contribution in [-0.2, 0) is 35.5 Å².